The van der Waals surface area contributed by atoms with E-state index in [1.165, 1.54) is 12.4 Å². The first-order valence-corrected chi connectivity index (χ1v) is 13.6. The van der Waals surface area contributed by atoms with E-state index >= 15 is 0 Å². The molecule has 5 rings (SSSR count). The number of piperidine rings is 1. The zero-order chi connectivity index (χ0) is 28.9. The summed E-state index contributed by atoms with van der Waals surface area (Å²) in [4.78, 5) is 36.3. The van der Waals surface area contributed by atoms with Gasteiger partial charge in [0.25, 0.3) is 0 Å². The molecule has 212 valence electrons. The van der Waals surface area contributed by atoms with E-state index in [9.17, 15) is 4.79 Å². The summed E-state index contributed by atoms with van der Waals surface area (Å²) >= 11 is 0. The minimum atomic E-state index is 0.106. The number of hydrogen-bond acceptors (Lipinski definition) is 10. The summed E-state index contributed by atoms with van der Waals surface area (Å²) in [6, 6.07) is 4.07. The van der Waals surface area contributed by atoms with Gasteiger partial charge in [0, 0.05) is 88.0 Å². The van der Waals surface area contributed by atoms with Crippen molar-refractivity contribution in [1.29, 1.82) is 0 Å². The molecule has 41 heavy (non-hydrogen) atoms. The van der Waals surface area contributed by atoms with Crippen molar-refractivity contribution in [3.05, 3.63) is 59.6 Å². The molecule has 1 aliphatic heterocycles. The van der Waals surface area contributed by atoms with E-state index in [0.29, 0.717) is 24.7 Å². The molecule has 2 aliphatic rings. The highest BCUT2D eigenvalue weighted by Gasteiger charge is 2.27. The monoisotopic (exact) mass is 553 g/mol. The van der Waals surface area contributed by atoms with Gasteiger partial charge in [0.1, 0.15) is 0 Å². The van der Waals surface area contributed by atoms with Crippen LogP contribution in [0.4, 0.5) is 5.95 Å². The molecule has 1 amide bonds. The van der Waals surface area contributed by atoms with Gasteiger partial charge >= 0.3 is 0 Å². The van der Waals surface area contributed by atoms with Gasteiger partial charge < -0.3 is 21.7 Å². The lowest BCUT2D eigenvalue weighted by atomic mass is 9.91. The van der Waals surface area contributed by atoms with E-state index in [1.54, 1.807) is 26.4 Å². The molecule has 0 bridgehead atoms. The summed E-state index contributed by atoms with van der Waals surface area (Å²) in [6.07, 6.45) is 13.3. The third-order valence-corrected chi connectivity index (χ3v) is 7.40. The Hall–Kier alpha value is -4.87. The zero-order valence-electron chi connectivity index (χ0n) is 23.6. The van der Waals surface area contributed by atoms with Gasteiger partial charge in [-0.25, -0.2) is 9.97 Å². The van der Waals surface area contributed by atoms with Crippen LogP contribution in [0.5, 0.6) is 0 Å². The summed E-state index contributed by atoms with van der Waals surface area (Å²) in [6.45, 7) is 3.03. The Morgan fingerprint density at radius 2 is 1.90 bits per heavy atom. The number of nitrogens with one attached hydrogen (secondary N) is 1. The van der Waals surface area contributed by atoms with Crippen LogP contribution in [0.2, 0.25) is 0 Å². The first-order chi connectivity index (χ1) is 19.9. The van der Waals surface area contributed by atoms with Crippen LogP contribution >= 0.6 is 0 Å². The summed E-state index contributed by atoms with van der Waals surface area (Å²) in [7, 11) is 3.63. The number of aliphatic imine (C=N–C) groups is 2. The highest BCUT2D eigenvalue weighted by molar-refractivity contribution is 6.08. The first kappa shape index (κ1) is 27.7. The average molecular weight is 554 g/mol. The smallest absolute Gasteiger partial charge is 0.227 e. The average Bonchev–Trinajstić information content (AvgIpc) is 3.34. The SMILES string of the molecule is CN=C/C(=C\N)c1ccc(-c2c3c(nn2C)CCc2cnc(N/C(C=NC4CCN(C(C)=O)CC4)=C/N)nc2-3)cn1. The number of anilines is 1. The molecule has 0 aromatic carbocycles. The van der Waals surface area contributed by atoms with Gasteiger partial charge in [-0.05, 0) is 43.4 Å². The number of fused-ring (bicyclic) bond motifs is 3. The molecule has 3 aromatic heterocycles. The van der Waals surface area contributed by atoms with Gasteiger partial charge in [-0.1, -0.05) is 0 Å². The maximum absolute atomic E-state index is 11.6. The Balaban J connectivity index is 1.39. The molecule has 3 aromatic rings. The van der Waals surface area contributed by atoms with Crippen LogP contribution in [0, 0.1) is 0 Å². The van der Waals surface area contributed by atoms with Crippen molar-refractivity contribution in [2.45, 2.75) is 38.6 Å². The van der Waals surface area contributed by atoms with Crippen molar-refractivity contribution in [3.8, 4) is 22.5 Å². The Morgan fingerprint density at radius 1 is 1.10 bits per heavy atom. The molecule has 12 nitrogen and oxygen atoms in total. The number of likely N-dealkylation sites (tertiary alicyclic amines) is 1. The largest absolute Gasteiger partial charge is 0.404 e. The van der Waals surface area contributed by atoms with Crippen LogP contribution < -0.4 is 16.8 Å². The topological polar surface area (TPSA) is 166 Å². The van der Waals surface area contributed by atoms with Crippen LogP contribution in [-0.2, 0) is 24.7 Å². The third-order valence-electron chi connectivity index (χ3n) is 7.40. The third kappa shape index (κ3) is 5.86. The van der Waals surface area contributed by atoms with Crippen molar-refractivity contribution in [1.82, 2.24) is 29.6 Å². The summed E-state index contributed by atoms with van der Waals surface area (Å²) in [5.74, 6) is 0.528. The van der Waals surface area contributed by atoms with E-state index in [2.05, 4.69) is 20.3 Å². The predicted octanol–water partition coefficient (Wildman–Crippen LogP) is 2.33. The number of carbonyl (C=O) groups excluding carboxylic acids is 1. The molecule has 0 spiro atoms. The van der Waals surface area contributed by atoms with Gasteiger partial charge in [-0.3, -0.25) is 24.4 Å². The number of pyridine rings is 1. The molecule has 0 radical (unpaired) electrons. The number of hydrogen-bond donors (Lipinski definition) is 3. The fourth-order valence-corrected chi connectivity index (χ4v) is 5.25. The quantitative estimate of drug-likeness (QED) is 0.375. The molecule has 0 saturated carbocycles. The number of amides is 1. The molecule has 1 saturated heterocycles. The lowest BCUT2D eigenvalue weighted by molar-refractivity contribution is -0.129. The highest BCUT2D eigenvalue weighted by atomic mass is 16.2. The fourth-order valence-electron chi connectivity index (χ4n) is 5.25. The van der Waals surface area contributed by atoms with E-state index in [0.717, 1.165) is 70.7 Å². The maximum atomic E-state index is 11.6. The molecular weight excluding hydrogens is 518 g/mol. The van der Waals surface area contributed by atoms with E-state index in [4.69, 9.17) is 26.5 Å². The van der Waals surface area contributed by atoms with Crippen molar-refractivity contribution in [2.75, 3.05) is 25.5 Å². The molecule has 4 heterocycles. The van der Waals surface area contributed by atoms with Crippen LogP contribution in [0.1, 0.15) is 36.7 Å². The number of nitrogens with two attached hydrogens (primary N) is 2. The van der Waals surface area contributed by atoms with Crippen molar-refractivity contribution in [3.63, 3.8) is 0 Å². The zero-order valence-corrected chi connectivity index (χ0v) is 23.6. The van der Waals surface area contributed by atoms with Crippen LogP contribution in [0.3, 0.4) is 0 Å². The fraction of sp³-hybridized carbons (Fsp3) is 0.345. The molecule has 12 heteroatoms. The van der Waals surface area contributed by atoms with Crippen molar-refractivity contribution < 1.29 is 4.79 Å². The number of allylic oxidation sites excluding steroid dienone is 2. The van der Waals surface area contributed by atoms with Gasteiger partial charge in [-0.2, -0.15) is 5.10 Å². The van der Waals surface area contributed by atoms with Crippen molar-refractivity contribution in [2.24, 2.45) is 28.5 Å². The molecule has 1 fully saturated rings. The number of rotatable bonds is 7. The Kier molecular flexibility index (Phi) is 8.18. The van der Waals surface area contributed by atoms with E-state index in [-0.39, 0.29) is 11.9 Å². The van der Waals surface area contributed by atoms with Crippen molar-refractivity contribution >= 4 is 29.9 Å². The van der Waals surface area contributed by atoms with Gasteiger partial charge in [-0.15, -0.1) is 0 Å². The molecule has 1 aliphatic carbocycles. The van der Waals surface area contributed by atoms with Crippen LogP contribution in [0.15, 0.2) is 52.6 Å². The number of nitrogens with zero attached hydrogens (tertiary/aromatic N) is 8. The highest BCUT2D eigenvalue weighted by Crippen LogP contribution is 2.39. The summed E-state index contributed by atoms with van der Waals surface area (Å²) in [5.41, 5.74) is 19.4. The number of aromatic nitrogens is 5. The second kappa shape index (κ2) is 12.1. The second-order valence-corrected chi connectivity index (χ2v) is 10.1. The van der Waals surface area contributed by atoms with Gasteiger partial charge in [0.15, 0.2) is 0 Å². The van der Waals surface area contributed by atoms with Gasteiger partial charge in [0.05, 0.1) is 34.5 Å². The lowest BCUT2D eigenvalue weighted by Crippen LogP contribution is -2.38. The summed E-state index contributed by atoms with van der Waals surface area (Å²) in [5, 5.41) is 8.02. The molecule has 0 atom stereocenters. The number of aryl methyl sites for hydroxylation is 3. The Morgan fingerprint density at radius 3 is 2.56 bits per heavy atom. The summed E-state index contributed by atoms with van der Waals surface area (Å²) < 4.78 is 1.88. The van der Waals surface area contributed by atoms with Gasteiger partial charge in [0.2, 0.25) is 11.9 Å². The van der Waals surface area contributed by atoms with E-state index < -0.39 is 0 Å². The first-order valence-electron chi connectivity index (χ1n) is 13.6. The lowest BCUT2D eigenvalue weighted by Gasteiger charge is -2.29. The predicted molar refractivity (Wildman–Crippen MR) is 161 cm³/mol. The second-order valence-electron chi connectivity index (χ2n) is 10.1. The van der Waals surface area contributed by atoms with Crippen LogP contribution in [0.25, 0.3) is 28.1 Å². The standard InChI is InChI=1S/C29H35N11O/c1-18(41)40-10-8-22(9-11-40)33-17-23(13-31)36-29-35-15-19-4-7-25-26(27(19)37-29)28(39(3)38-25)20-5-6-24(34-16-20)21(12-30)14-32-2/h5-6,12-17,22H,4,7-11,30-31H2,1-3H3,(H,35,36,37)/b21-12+,23-13+,32-14?,33-17?. The molecule has 0 unspecified atom stereocenters. The number of carbonyl (C=O) groups is 1. The molecule has 5 N–H and O–H groups in total. The minimum absolute atomic E-state index is 0.106. The Bertz CT molecular complexity index is 1540. The molecular formula is C29H35N11O. The normalized spacial score (nSPS) is 16.3. The minimum Gasteiger partial charge on any atom is -0.404 e. The Labute approximate surface area is 239 Å². The maximum Gasteiger partial charge on any atom is 0.227 e. The van der Waals surface area contributed by atoms with Crippen LogP contribution in [-0.4, -0.2) is 74.1 Å². The van der Waals surface area contributed by atoms with E-state index in [1.807, 2.05) is 41.2 Å².